The summed E-state index contributed by atoms with van der Waals surface area (Å²) in [6, 6.07) is 13.0. The molecule has 7 heteroatoms. The smallest absolute Gasteiger partial charge is 0.271 e. The van der Waals surface area contributed by atoms with Gasteiger partial charge in [-0.3, -0.25) is 14.5 Å². The molecule has 0 N–H and O–H groups in total. The standard InChI is InChI=1S/C26H25FN2O4/c1-5-32-24-13-18(10-11-23(24)33-15-19-8-6-7-9-22(19)27)12-20-17(4)21(14-28)26(31)29(16(2)3)25(20)30/h6-13,16H,5,15H2,1-4H3/b20-12+. The number of hydrogen-bond acceptors (Lipinski definition) is 5. The number of benzene rings is 2. The highest BCUT2D eigenvalue weighted by Crippen LogP contribution is 2.33. The molecule has 2 aromatic carbocycles. The van der Waals surface area contributed by atoms with Crippen LogP contribution in [-0.2, 0) is 16.2 Å². The average molecular weight is 448 g/mol. The molecule has 1 heterocycles. The number of amides is 2. The highest BCUT2D eigenvalue weighted by Gasteiger charge is 2.36. The van der Waals surface area contributed by atoms with E-state index in [2.05, 4.69) is 0 Å². The molecule has 1 aliphatic heterocycles. The fraction of sp³-hybridized carbons (Fsp3) is 0.269. The van der Waals surface area contributed by atoms with E-state index in [-0.39, 0.29) is 23.6 Å². The largest absolute Gasteiger partial charge is 0.490 e. The Bertz CT molecular complexity index is 1190. The summed E-state index contributed by atoms with van der Waals surface area (Å²) in [5, 5.41) is 9.47. The third kappa shape index (κ3) is 4.96. The van der Waals surface area contributed by atoms with E-state index in [9.17, 15) is 19.2 Å². The van der Waals surface area contributed by atoms with Gasteiger partial charge in [-0.25, -0.2) is 4.39 Å². The maximum absolute atomic E-state index is 13.9. The molecule has 0 radical (unpaired) electrons. The van der Waals surface area contributed by atoms with Crippen molar-refractivity contribution in [3.63, 3.8) is 0 Å². The van der Waals surface area contributed by atoms with Gasteiger partial charge in [-0.05, 0) is 63.1 Å². The molecule has 3 rings (SSSR count). The molecule has 2 amide bonds. The van der Waals surface area contributed by atoms with Gasteiger partial charge < -0.3 is 9.47 Å². The van der Waals surface area contributed by atoms with E-state index < -0.39 is 17.9 Å². The van der Waals surface area contributed by atoms with Crippen LogP contribution < -0.4 is 9.47 Å². The van der Waals surface area contributed by atoms with Crippen molar-refractivity contribution in [2.24, 2.45) is 0 Å². The van der Waals surface area contributed by atoms with Crippen molar-refractivity contribution in [2.75, 3.05) is 6.61 Å². The minimum absolute atomic E-state index is 0.0322. The second-order valence-electron chi connectivity index (χ2n) is 7.76. The van der Waals surface area contributed by atoms with Gasteiger partial charge in [0.05, 0.1) is 6.61 Å². The maximum Gasteiger partial charge on any atom is 0.271 e. The monoisotopic (exact) mass is 448 g/mol. The second kappa shape index (κ2) is 10.1. The predicted octanol–water partition coefficient (Wildman–Crippen LogP) is 4.80. The number of nitriles is 1. The van der Waals surface area contributed by atoms with Crippen molar-refractivity contribution in [3.8, 4) is 17.6 Å². The minimum atomic E-state index is -0.584. The molecule has 0 fully saturated rings. The Morgan fingerprint density at radius 2 is 1.82 bits per heavy atom. The molecule has 0 aliphatic carbocycles. The second-order valence-corrected chi connectivity index (χ2v) is 7.76. The third-order valence-corrected chi connectivity index (χ3v) is 5.21. The summed E-state index contributed by atoms with van der Waals surface area (Å²) < 4.78 is 25.4. The molecule has 2 aromatic rings. The fourth-order valence-corrected chi connectivity index (χ4v) is 3.51. The highest BCUT2D eigenvalue weighted by atomic mass is 19.1. The van der Waals surface area contributed by atoms with Crippen LogP contribution in [0, 0.1) is 17.1 Å². The lowest BCUT2D eigenvalue weighted by Crippen LogP contribution is -2.46. The number of carbonyl (C=O) groups excluding carboxylic acids is 2. The minimum Gasteiger partial charge on any atom is -0.490 e. The molecular weight excluding hydrogens is 423 g/mol. The van der Waals surface area contributed by atoms with Crippen molar-refractivity contribution < 1.29 is 23.5 Å². The molecule has 0 atom stereocenters. The van der Waals surface area contributed by atoms with Crippen molar-refractivity contribution in [1.29, 1.82) is 5.26 Å². The number of halogens is 1. The lowest BCUT2D eigenvalue weighted by atomic mass is 9.93. The van der Waals surface area contributed by atoms with Gasteiger partial charge in [-0.2, -0.15) is 5.26 Å². The van der Waals surface area contributed by atoms with Gasteiger partial charge in [-0.1, -0.05) is 24.3 Å². The van der Waals surface area contributed by atoms with Crippen LogP contribution >= 0.6 is 0 Å². The Hall–Kier alpha value is -3.92. The van der Waals surface area contributed by atoms with Gasteiger partial charge in [0.1, 0.15) is 24.1 Å². The first-order valence-corrected chi connectivity index (χ1v) is 10.6. The van der Waals surface area contributed by atoms with Crippen LogP contribution in [-0.4, -0.2) is 29.4 Å². The Labute approximate surface area is 192 Å². The average Bonchev–Trinajstić information content (AvgIpc) is 2.77. The molecule has 6 nitrogen and oxygen atoms in total. The van der Waals surface area contributed by atoms with Crippen LogP contribution in [0.5, 0.6) is 11.5 Å². The van der Waals surface area contributed by atoms with Gasteiger partial charge in [0.2, 0.25) is 0 Å². The van der Waals surface area contributed by atoms with Crippen LogP contribution in [0.1, 0.15) is 38.8 Å². The number of imide groups is 1. The first-order chi connectivity index (χ1) is 15.8. The van der Waals surface area contributed by atoms with E-state index in [1.807, 2.05) is 13.0 Å². The SMILES string of the molecule is CCOc1cc(/C=C2/C(=O)N(C(C)C)C(=O)C(C#N)=C2C)ccc1OCc1ccccc1F. The molecule has 1 aliphatic rings. The van der Waals surface area contributed by atoms with E-state index >= 15 is 0 Å². The zero-order valence-corrected chi connectivity index (χ0v) is 19.0. The molecule has 0 unspecified atom stereocenters. The van der Waals surface area contributed by atoms with Crippen LogP contribution in [0.4, 0.5) is 4.39 Å². The molecule has 0 saturated heterocycles. The lowest BCUT2D eigenvalue weighted by Gasteiger charge is -2.30. The maximum atomic E-state index is 13.9. The van der Waals surface area contributed by atoms with Crippen LogP contribution in [0.15, 0.2) is 59.2 Å². The zero-order chi connectivity index (χ0) is 24.1. The number of hydrogen-bond donors (Lipinski definition) is 0. The van der Waals surface area contributed by atoms with Gasteiger partial charge in [0.25, 0.3) is 11.8 Å². The number of nitrogens with zero attached hydrogens (tertiary/aromatic N) is 2. The Kier molecular flexibility index (Phi) is 7.29. The molecular formula is C26H25FN2O4. The van der Waals surface area contributed by atoms with Gasteiger partial charge in [0.15, 0.2) is 11.5 Å². The summed E-state index contributed by atoms with van der Waals surface area (Å²) in [7, 11) is 0. The van der Waals surface area contributed by atoms with Crippen molar-refractivity contribution in [1.82, 2.24) is 4.90 Å². The summed E-state index contributed by atoms with van der Waals surface area (Å²) >= 11 is 0. The Balaban J connectivity index is 1.97. The first kappa shape index (κ1) is 23.7. The number of ether oxygens (including phenoxy) is 2. The van der Waals surface area contributed by atoms with Crippen molar-refractivity contribution >= 4 is 17.9 Å². The first-order valence-electron chi connectivity index (χ1n) is 10.6. The van der Waals surface area contributed by atoms with Crippen LogP contribution in [0.25, 0.3) is 6.08 Å². The van der Waals surface area contributed by atoms with E-state index in [1.54, 1.807) is 63.2 Å². The topological polar surface area (TPSA) is 79.6 Å². The van der Waals surface area contributed by atoms with E-state index in [0.29, 0.717) is 34.8 Å². The summed E-state index contributed by atoms with van der Waals surface area (Å²) in [6.45, 7) is 7.27. The molecule has 0 saturated carbocycles. The fourth-order valence-electron chi connectivity index (χ4n) is 3.51. The summed E-state index contributed by atoms with van der Waals surface area (Å²) in [5.41, 5.74) is 1.60. The van der Waals surface area contributed by atoms with Gasteiger partial charge >= 0.3 is 0 Å². The summed E-state index contributed by atoms with van der Waals surface area (Å²) in [4.78, 5) is 26.7. The molecule has 0 aromatic heterocycles. The van der Waals surface area contributed by atoms with E-state index in [4.69, 9.17) is 9.47 Å². The third-order valence-electron chi connectivity index (χ3n) is 5.21. The summed E-state index contributed by atoms with van der Waals surface area (Å²) in [6.07, 6.45) is 1.62. The quantitative estimate of drug-likeness (QED) is 0.449. The van der Waals surface area contributed by atoms with Crippen molar-refractivity contribution in [2.45, 2.75) is 40.3 Å². The number of rotatable bonds is 7. The summed E-state index contributed by atoms with van der Waals surface area (Å²) in [5.74, 6) is -0.526. The molecule has 0 spiro atoms. The van der Waals surface area contributed by atoms with Crippen LogP contribution in [0.2, 0.25) is 0 Å². The van der Waals surface area contributed by atoms with Crippen molar-refractivity contribution in [3.05, 3.63) is 76.1 Å². The predicted molar refractivity (Wildman–Crippen MR) is 122 cm³/mol. The lowest BCUT2D eigenvalue weighted by molar-refractivity contribution is -0.142. The Morgan fingerprint density at radius 1 is 1.09 bits per heavy atom. The Morgan fingerprint density at radius 3 is 2.45 bits per heavy atom. The van der Waals surface area contributed by atoms with E-state index in [1.165, 1.54) is 6.07 Å². The molecule has 33 heavy (non-hydrogen) atoms. The normalized spacial score (nSPS) is 15.3. The van der Waals surface area contributed by atoms with E-state index in [0.717, 1.165) is 4.90 Å². The molecule has 0 bridgehead atoms. The van der Waals surface area contributed by atoms with Crippen LogP contribution in [0.3, 0.4) is 0 Å². The zero-order valence-electron chi connectivity index (χ0n) is 19.0. The number of carbonyl (C=O) groups is 2. The van der Waals surface area contributed by atoms with Gasteiger partial charge in [-0.15, -0.1) is 0 Å². The molecule has 170 valence electrons. The highest BCUT2D eigenvalue weighted by molar-refractivity contribution is 6.19. The van der Waals surface area contributed by atoms with Gasteiger partial charge in [0, 0.05) is 17.2 Å².